The van der Waals surface area contributed by atoms with E-state index < -0.39 is 22.7 Å². The molecule has 2 fully saturated rings. The lowest BCUT2D eigenvalue weighted by atomic mass is 9.94. The molecule has 2 aliphatic heterocycles. The molecule has 110 valence electrons. The summed E-state index contributed by atoms with van der Waals surface area (Å²) in [4.78, 5) is 36.1. The molecule has 7 heteroatoms. The van der Waals surface area contributed by atoms with Gasteiger partial charge in [-0.25, -0.2) is 9.59 Å². The number of hydrogen-bond donors (Lipinski definition) is 1. The first kappa shape index (κ1) is 14.9. The van der Waals surface area contributed by atoms with Crippen LogP contribution in [0.3, 0.4) is 0 Å². The fourth-order valence-corrected chi connectivity index (χ4v) is 4.41. The number of β-lactam (4-membered cyclic amide) rings is 1. The highest BCUT2D eigenvalue weighted by Gasteiger charge is 2.59. The van der Waals surface area contributed by atoms with E-state index in [9.17, 15) is 19.5 Å². The van der Waals surface area contributed by atoms with Crippen LogP contribution in [0, 0.1) is 0 Å². The third kappa shape index (κ3) is 2.30. The molecule has 1 N–H and O–H groups in total. The summed E-state index contributed by atoms with van der Waals surface area (Å²) in [5.74, 6) is -1.66. The Kier molecular flexibility index (Phi) is 3.82. The Morgan fingerprint density at radius 2 is 2.25 bits per heavy atom. The van der Waals surface area contributed by atoms with Gasteiger partial charge in [0.15, 0.2) is 0 Å². The van der Waals surface area contributed by atoms with Crippen LogP contribution in [-0.2, 0) is 19.1 Å². The third-order valence-corrected chi connectivity index (χ3v) is 5.01. The molecule has 0 radical (unpaired) electrons. The van der Waals surface area contributed by atoms with Crippen molar-refractivity contribution >= 4 is 29.6 Å². The van der Waals surface area contributed by atoms with E-state index in [2.05, 4.69) is 0 Å². The molecule has 2 aliphatic rings. The largest absolute Gasteiger partial charge is 0.480 e. The van der Waals surface area contributed by atoms with Gasteiger partial charge in [0.1, 0.15) is 6.04 Å². The van der Waals surface area contributed by atoms with Crippen molar-refractivity contribution in [2.24, 2.45) is 0 Å². The highest BCUT2D eigenvalue weighted by molar-refractivity contribution is 8.01. The Morgan fingerprint density at radius 1 is 1.60 bits per heavy atom. The number of aliphatic carboxylic acids is 1. The summed E-state index contributed by atoms with van der Waals surface area (Å²) in [5.41, 5.74) is 0.364. The normalized spacial score (nSPS) is 32.6. The summed E-state index contributed by atoms with van der Waals surface area (Å²) in [5, 5.41) is 9.28. The average Bonchev–Trinajstić information content (AvgIpc) is 2.57. The number of carbonyl (C=O) groups excluding carboxylic acids is 2. The van der Waals surface area contributed by atoms with Crippen LogP contribution >= 0.6 is 11.8 Å². The minimum atomic E-state index is -1.05. The Labute approximate surface area is 121 Å². The van der Waals surface area contributed by atoms with Crippen molar-refractivity contribution in [1.29, 1.82) is 0 Å². The smallest absolute Gasteiger partial charge is 0.333 e. The number of hydrogen-bond acceptors (Lipinski definition) is 5. The van der Waals surface area contributed by atoms with Crippen LogP contribution in [-0.4, -0.2) is 50.6 Å². The summed E-state index contributed by atoms with van der Waals surface area (Å²) in [6.07, 6.45) is 1.97. The maximum Gasteiger partial charge on any atom is 0.333 e. The molecular weight excluding hydrogens is 282 g/mol. The average molecular weight is 299 g/mol. The monoisotopic (exact) mass is 299 g/mol. The summed E-state index contributed by atoms with van der Waals surface area (Å²) < 4.78 is 4.08. The number of ether oxygens (including phenoxy) is 1. The Bertz CT molecular complexity index is 503. The first-order valence-corrected chi connectivity index (χ1v) is 7.26. The van der Waals surface area contributed by atoms with Gasteiger partial charge in [0, 0.05) is 5.57 Å². The zero-order valence-corrected chi connectivity index (χ0v) is 12.4. The molecule has 0 aromatic carbocycles. The molecule has 2 rings (SSSR count). The fourth-order valence-electron chi connectivity index (χ4n) is 2.65. The van der Waals surface area contributed by atoms with Gasteiger partial charge < -0.3 is 14.7 Å². The quantitative estimate of drug-likeness (QED) is 0.474. The second-order valence-electron chi connectivity index (χ2n) is 5.05. The maximum absolute atomic E-state index is 11.7. The van der Waals surface area contributed by atoms with Crippen molar-refractivity contribution in [3.63, 3.8) is 0 Å². The van der Waals surface area contributed by atoms with Gasteiger partial charge in [0.05, 0.1) is 23.1 Å². The van der Waals surface area contributed by atoms with Crippen LogP contribution < -0.4 is 0 Å². The number of amides is 1. The standard InChI is InChI=1S/C13H17NO5S/c1-4-19-12(18)7(2)6-13(3)10(11(16)17)14-8(15)5-9(14)20-13/h6,9-10H,4-5H2,1-3H3,(H,16,17)/t9-,10+,13+/m1/s1. The zero-order chi connectivity index (χ0) is 15.1. The number of esters is 1. The van der Waals surface area contributed by atoms with Crippen LogP contribution in [0.2, 0.25) is 0 Å². The minimum Gasteiger partial charge on any atom is -0.480 e. The number of carboxylic acid groups (broad SMARTS) is 1. The molecule has 0 aromatic heterocycles. The molecule has 0 saturated carbocycles. The van der Waals surface area contributed by atoms with Crippen molar-refractivity contribution in [2.75, 3.05) is 6.61 Å². The van der Waals surface area contributed by atoms with Crippen LogP contribution in [0.4, 0.5) is 0 Å². The van der Waals surface area contributed by atoms with Gasteiger partial charge in [-0.1, -0.05) is 6.08 Å². The second-order valence-corrected chi connectivity index (χ2v) is 6.71. The van der Waals surface area contributed by atoms with Crippen LogP contribution in [0.1, 0.15) is 27.2 Å². The van der Waals surface area contributed by atoms with Gasteiger partial charge in [-0.05, 0) is 20.8 Å². The lowest BCUT2D eigenvalue weighted by Gasteiger charge is -2.36. The van der Waals surface area contributed by atoms with Crippen LogP contribution in [0.5, 0.6) is 0 Å². The van der Waals surface area contributed by atoms with E-state index in [1.807, 2.05) is 0 Å². The predicted octanol–water partition coefficient (Wildman–Crippen LogP) is 1.01. The molecule has 0 aliphatic carbocycles. The summed E-state index contributed by atoms with van der Waals surface area (Å²) in [6.45, 7) is 5.32. The lowest BCUT2D eigenvalue weighted by Crippen LogP contribution is -2.57. The number of nitrogens with zero attached hydrogens (tertiary/aromatic N) is 1. The maximum atomic E-state index is 11.7. The number of rotatable bonds is 4. The third-order valence-electron chi connectivity index (χ3n) is 3.49. The van der Waals surface area contributed by atoms with E-state index >= 15 is 0 Å². The van der Waals surface area contributed by atoms with Gasteiger partial charge in [-0.15, -0.1) is 11.8 Å². The molecule has 2 saturated heterocycles. The van der Waals surface area contributed by atoms with E-state index in [0.29, 0.717) is 12.0 Å². The van der Waals surface area contributed by atoms with Gasteiger partial charge in [-0.2, -0.15) is 0 Å². The molecular formula is C13H17NO5S. The minimum absolute atomic E-state index is 0.111. The molecule has 3 atom stereocenters. The van der Waals surface area contributed by atoms with E-state index in [0.717, 1.165) is 0 Å². The molecule has 0 aromatic rings. The van der Waals surface area contributed by atoms with Crippen molar-refractivity contribution < 1.29 is 24.2 Å². The molecule has 1 amide bonds. The SMILES string of the molecule is CCOC(=O)C(C)=C[C@]1(C)S[C@@H]2CC(=O)N2[C@H]1C(=O)O. The van der Waals surface area contributed by atoms with Crippen LogP contribution in [0.15, 0.2) is 11.6 Å². The Hall–Kier alpha value is -1.50. The van der Waals surface area contributed by atoms with E-state index in [-0.39, 0.29) is 17.9 Å². The number of carboxylic acids is 1. The first-order valence-electron chi connectivity index (χ1n) is 6.38. The highest BCUT2D eigenvalue weighted by Crippen LogP contribution is 2.52. The number of fused-ring (bicyclic) bond motifs is 1. The molecule has 20 heavy (non-hydrogen) atoms. The Balaban J connectivity index is 2.28. The van der Waals surface area contributed by atoms with E-state index in [1.54, 1.807) is 26.8 Å². The van der Waals surface area contributed by atoms with Gasteiger partial charge in [0.25, 0.3) is 0 Å². The molecule has 0 spiro atoms. The predicted molar refractivity (Wildman–Crippen MR) is 73.1 cm³/mol. The molecule has 6 nitrogen and oxygen atoms in total. The van der Waals surface area contributed by atoms with Gasteiger partial charge in [-0.3, -0.25) is 4.79 Å². The molecule has 0 bridgehead atoms. The van der Waals surface area contributed by atoms with Gasteiger partial charge >= 0.3 is 11.9 Å². The fraction of sp³-hybridized carbons (Fsp3) is 0.615. The van der Waals surface area contributed by atoms with Crippen molar-refractivity contribution in [2.45, 2.75) is 43.4 Å². The first-order chi connectivity index (χ1) is 9.30. The lowest BCUT2D eigenvalue weighted by molar-refractivity contribution is -0.157. The van der Waals surface area contributed by atoms with Crippen molar-refractivity contribution in [3.05, 3.63) is 11.6 Å². The second kappa shape index (κ2) is 5.12. The Morgan fingerprint density at radius 3 is 2.75 bits per heavy atom. The molecule has 0 unspecified atom stereocenters. The topological polar surface area (TPSA) is 83.9 Å². The van der Waals surface area contributed by atoms with E-state index in [4.69, 9.17) is 4.74 Å². The van der Waals surface area contributed by atoms with Gasteiger partial charge in [0.2, 0.25) is 5.91 Å². The zero-order valence-electron chi connectivity index (χ0n) is 11.6. The summed E-state index contributed by atoms with van der Waals surface area (Å²) in [6, 6.07) is -0.942. The summed E-state index contributed by atoms with van der Waals surface area (Å²) in [7, 11) is 0. The van der Waals surface area contributed by atoms with Crippen molar-refractivity contribution in [3.8, 4) is 0 Å². The van der Waals surface area contributed by atoms with Crippen molar-refractivity contribution in [1.82, 2.24) is 4.90 Å². The van der Waals surface area contributed by atoms with E-state index in [1.165, 1.54) is 16.7 Å². The molecule has 2 heterocycles. The number of thioether (sulfide) groups is 1. The van der Waals surface area contributed by atoms with Crippen LogP contribution in [0.25, 0.3) is 0 Å². The number of carbonyl (C=O) groups is 3. The highest BCUT2D eigenvalue weighted by atomic mass is 32.2. The summed E-state index contributed by atoms with van der Waals surface area (Å²) >= 11 is 1.41.